The molecule has 5 nitrogen and oxygen atoms in total. The molecule has 2 aromatic rings. The second kappa shape index (κ2) is 8.02. The first-order chi connectivity index (χ1) is 11.7. The first-order valence-corrected chi connectivity index (χ1v) is 8.52. The number of amides is 1. The predicted octanol–water partition coefficient (Wildman–Crippen LogP) is 2.32. The van der Waals surface area contributed by atoms with Gasteiger partial charge in [0.15, 0.2) is 0 Å². The quantitative estimate of drug-likeness (QED) is 0.916. The number of hydrogen-bond acceptors (Lipinski definition) is 4. The molecule has 1 aromatic carbocycles. The zero-order chi connectivity index (χ0) is 16.8. The van der Waals surface area contributed by atoms with E-state index < -0.39 is 0 Å². The second-order valence-corrected chi connectivity index (χ2v) is 6.35. The zero-order valence-electron chi connectivity index (χ0n) is 13.7. The molecule has 1 atom stereocenters. The highest BCUT2D eigenvalue weighted by molar-refractivity contribution is 5.93. The Labute approximate surface area is 142 Å². The minimum Gasteiger partial charge on any atom is -0.393 e. The number of aryl methyl sites for hydroxylation is 1. The number of hydrogen-bond donors (Lipinski definition) is 1. The normalized spacial score (nSPS) is 16.8. The highest BCUT2D eigenvalue weighted by atomic mass is 16.3. The van der Waals surface area contributed by atoms with Gasteiger partial charge in [-0.25, -0.2) is 0 Å². The molecule has 0 unspecified atom stereocenters. The standard InChI is InChI=1S/C19H23N3O2/c23-18(7-6-15-4-2-1-3-5-15)16-9-12-22(13-10-16)19(24)17-8-11-20-21-14-17/h1-5,8,11,14,16,18,23H,6-7,9-10,12-13H2/t18-/m1/s1. The first kappa shape index (κ1) is 16.6. The molecule has 2 heterocycles. The second-order valence-electron chi connectivity index (χ2n) is 6.35. The highest BCUT2D eigenvalue weighted by Crippen LogP contribution is 2.24. The third-order valence-electron chi connectivity index (χ3n) is 4.77. The van der Waals surface area contributed by atoms with Crippen molar-refractivity contribution in [3.63, 3.8) is 0 Å². The van der Waals surface area contributed by atoms with Gasteiger partial charge < -0.3 is 10.0 Å². The van der Waals surface area contributed by atoms with E-state index in [1.807, 2.05) is 23.1 Å². The molecule has 0 saturated carbocycles. The van der Waals surface area contributed by atoms with E-state index in [0.717, 1.165) is 25.7 Å². The van der Waals surface area contributed by atoms with Crippen molar-refractivity contribution in [2.45, 2.75) is 31.8 Å². The summed E-state index contributed by atoms with van der Waals surface area (Å²) < 4.78 is 0. The maximum Gasteiger partial charge on any atom is 0.255 e. The van der Waals surface area contributed by atoms with Gasteiger partial charge in [-0.15, -0.1) is 0 Å². The average molecular weight is 325 g/mol. The average Bonchev–Trinajstić information content (AvgIpc) is 2.67. The molecule has 0 bridgehead atoms. The maximum atomic E-state index is 12.4. The third-order valence-corrected chi connectivity index (χ3v) is 4.77. The van der Waals surface area contributed by atoms with Gasteiger partial charge in [-0.3, -0.25) is 4.79 Å². The van der Waals surface area contributed by atoms with E-state index in [2.05, 4.69) is 22.3 Å². The van der Waals surface area contributed by atoms with Crippen molar-refractivity contribution in [2.75, 3.05) is 13.1 Å². The number of nitrogens with zero attached hydrogens (tertiary/aromatic N) is 3. The van der Waals surface area contributed by atoms with Crippen molar-refractivity contribution in [1.29, 1.82) is 0 Å². The van der Waals surface area contributed by atoms with Crippen LogP contribution in [0, 0.1) is 5.92 Å². The number of carbonyl (C=O) groups excluding carboxylic acids is 1. The molecule has 1 aromatic heterocycles. The summed E-state index contributed by atoms with van der Waals surface area (Å²) in [6.45, 7) is 1.38. The van der Waals surface area contributed by atoms with Gasteiger partial charge in [-0.1, -0.05) is 30.3 Å². The van der Waals surface area contributed by atoms with Crippen LogP contribution in [0.25, 0.3) is 0 Å². The number of aliphatic hydroxyl groups is 1. The fourth-order valence-electron chi connectivity index (χ4n) is 3.28. The summed E-state index contributed by atoms with van der Waals surface area (Å²) in [5.41, 5.74) is 1.84. The van der Waals surface area contributed by atoms with Gasteiger partial charge in [0, 0.05) is 13.1 Å². The number of benzene rings is 1. The van der Waals surface area contributed by atoms with Crippen LogP contribution in [0.4, 0.5) is 0 Å². The van der Waals surface area contributed by atoms with Crippen molar-refractivity contribution in [3.05, 3.63) is 59.9 Å². The van der Waals surface area contributed by atoms with Gasteiger partial charge in [-0.05, 0) is 43.2 Å². The molecule has 1 saturated heterocycles. The molecule has 3 rings (SSSR count). The third kappa shape index (κ3) is 4.17. The molecule has 1 aliphatic heterocycles. The summed E-state index contributed by atoms with van der Waals surface area (Å²) in [5.74, 6) is 0.274. The monoisotopic (exact) mass is 325 g/mol. The van der Waals surface area contributed by atoms with Crippen molar-refractivity contribution < 1.29 is 9.90 Å². The Bertz CT molecular complexity index is 640. The van der Waals surface area contributed by atoms with E-state index in [0.29, 0.717) is 18.7 Å². The lowest BCUT2D eigenvalue weighted by Crippen LogP contribution is -2.41. The fraction of sp³-hybridized carbons (Fsp3) is 0.421. The number of carbonyl (C=O) groups is 1. The van der Waals surface area contributed by atoms with Gasteiger partial charge in [0.2, 0.25) is 0 Å². The maximum absolute atomic E-state index is 12.4. The van der Waals surface area contributed by atoms with Gasteiger partial charge in [-0.2, -0.15) is 10.2 Å². The van der Waals surface area contributed by atoms with E-state index in [4.69, 9.17) is 0 Å². The summed E-state index contributed by atoms with van der Waals surface area (Å²) >= 11 is 0. The Hall–Kier alpha value is -2.27. The molecule has 0 aliphatic carbocycles. The molecule has 0 spiro atoms. The molecular weight excluding hydrogens is 302 g/mol. The van der Waals surface area contributed by atoms with Crippen LogP contribution in [0.15, 0.2) is 48.8 Å². The molecule has 0 radical (unpaired) electrons. The Morgan fingerprint density at radius 2 is 1.92 bits per heavy atom. The summed E-state index contributed by atoms with van der Waals surface area (Å²) in [5, 5.41) is 17.9. The molecule has 24 heavy (non-hydrogen) atoms. The van der Waals surface area contributed by atoms with Crippen LogP contribution in [0.1, 0.15) is 35.2 Å². The van der Waals surface area contributed by atoms with Crippen LogP contribution in [0.3, 0.4) is 0 Å². The summed E-state index contributed by atoms with van der Waals surface area (Å²) in [7, 11) is 0. The molecule has 1 amide bonds. The van der Waals surface area contributed by atoms with E-state index >= 15 is 0 Å². The highest BCUT2D eigenvalue weighted by Gasteiger charge is 2.27. The lowest BCUT2D eigenvalue weighted by atomic mass is 9.88. The lowest BCUT2D eigenvalue weighted by Gasteiger charge is -2.34. The van der Waals surface area contributed by atoms with Crippen LogP contribution in [0.5, 0.6) is 0 Å². The molecule has 1 fully saturated rings. The van der Waals surface area contributed by atoms with Crippen LogP contribution in [-0.2, 0) is 6.42 Å². The SMILES string of the molecule is O=C(c1ccnnc1)N1CCC([C@H](O)CCc2ccccc2)CC1. The van der Waals surface area contributed by atoms with Gasteiger partial charge in [0.25, 0.3) is 5.91 Å². The number of aliphatic hydroxyl groups excluding tert-OH is 1. The van der Waals surface area contributed by atoms with Gasteiger partial charge in [0.1, 0.15) is 0 Å². The molecule has 1 N–H and O–H groups in total. The van der Waals surface area contributed by atoms with Crippen LogP contribution in [0.2, 0.25) is 0 Å². The molecular formula is C19H23N3O2. The smallest absolute Gasteiger partial charge is 0.255 e. The minimum absolute atomic E-state index is 0.00197. The van der Waals surface area contributed by atoms with Crippen molar-refractivity contribution in [3.8, 4) is 0 Å². The van der Waals surface area contributed by atoms with Gasteiger partial charge >= 0.3 is 0 Å². The Balaban J connectivity index is 1.47. The lowest BCUT2D eigenvalue weighted by molar-refractivity contribution is 0.0436. The molecule has 5 heteroatoms. The molecule has 1 aliphatic rings. The van der Waals surface area contributed by atoms with Crippen LogP contribution in [-0.4, -0.2) is 45.3 Å². The van der Waals surface area contributed by atoms with Crippen LogP contribution < -0.4 is 0 Å². The summed E-state index contributed by atoms with van der Waals surface area (Å²) in [4.78, 5) is 14.2. The predicted molar refractivity (Wildman–Crippen MR) is 91.4 cm³/mol. The Kier molecular flexibility index (Phi) is 5.54. The number of rotatable bonds is 5. The van der Waals surface area contributed by atoms with E-state index in [-0.39, 0.29) is 17.9 Å². The number of piperidine rings is 1. The number of likely N-dealkylation sites (tertiary alicyclic amines) is 1. The topological polar surface area (TPSA) is 66.3 Å². The summed E-state index contributed by atoms with van der Waals surface area (Å²) in [6.07, 6.45) is 6.10. The summed E-state index contributed by atoms with van der Waals surface area (Å²) in [6, 6.07) is 11.9. The van der Waals surface area contributed by atoms with Gasteiger partial charge in [0.05, 0.1) is 24.1 Å². The zero-order valence-corrected chi connectivity index (χ0v) is 13.7. The first-order valence-electron chi connectivity index (χ1n) is 8.52. The van der Waals surface area contributed by atoms with E-state index in [1.165, 1.54) is 18.0 Å². The van der Waals surface area contributed by atoms with Crippen molar-refractivity contribution in [2.24, 2.45) is 5.92 Å². The Morgan fingerprint density at radius 3 is 2.58 bits per heavy atom. The van der Waals surface area contributed by atoms with E-state index in [1.54, 1.807) is 6.07 Å². The largest absolute Gasteiger partial charge is 0.393 e. The fourth-order valence-corrected chi connectivity index (χ4v) is 3.28. The van der Waals surface area contributed by atoms with Crippen LogP contribution >= 0.6 is 0 Å². The Morgan fingerprint density at radius 1 is 1.17 bits per heavy atom. The van der Waals surface area contributed by atoms with Crippen molar-refractivity contribution >= 4 is 5.91 Å². The minimum atomic E-state index is -0.301. The number of aromatic nitrogens is 2. The van der Waals surface area contributed by atoms with E-state index in [9.17, 15) is 9.90 Å². The van der Waals surface area contributed by atoms with Crippen molar-refractivity contribution in [1.82, 2.24) is 15.1 Å². The molecule has 126 valence electrons.